The average Bonchev–Trinajstić information content (AvgIpc) is 2.64. The minimum atomic E-state index is -0.706. The van der Waals surface area contributed by atoms with E-state index in [0.717, 1.165) is 14.7 Å². The Morgan fingerprint density at radius 3 is 2.58 bits per heavy atom. The van der Waals surface area contributed by atoms with Crippen molar-refractivity contribution in [2.24, 2.45) is 14.1 Å². The number of carbonyl (C=O) groups excluding carboxylic acids is 1. The zero-order valence-electron chi connectivity index (χ0n) is 15.2. The number of likely N-dealkylation sites (N-methyl/N-ethyl adjacent to an activating group) is 1. The van der Waals surface area contributed by atoms with Gasteiger partial charge in [-0.25, -0.2) is 4.79 Å². The van der Waals surface area contributed by atoms with Crippen molar-refractivity contribution in [3.05, 3.63) is 61.8 Å². The third kappa shape index (κ3) is 3.43. The van der Waals surface area contributed by atoms with Crippen LogP contribution >= 0.6 is 0 Å². The second-order valence-corrected chi connectivity index (χ2v) is 6.23. The topological polar surface area (TPSA) is 114 Å². The number of benzene rings is 1. The molecule has 1 aromatic heterocycles. The number of nitrogen functional groups attached to an aromatic ring is 1. The number of rotatable bonds is 5. The summed E-state index contributed by atoms with van der Waals surface area (Å²) in [5.74, 6) is -0.604. The van der Waals surface area contributed by atoms with Gasteiger partial charge in [-0.05, 0) is 31.7 Å². The van der Waals surface area contributed by atoms with Gasteiger partial charge >= 0.3 is 5.69 Å². The first kappa shape index (κ1) is 19.1. The number of hydrogen-bond donors (Lipinski definition) is 1. The van der Waals surface area contributed by atoms with Gasteiger partial charge in [0.2, 0.25) is 0 Å². The van der Waals surface area contributed by atoms with Crippen LogP contribution in [0.4, 0.5) is 5.82 Å². The highest BCUT2D eigenvalue weighted by Gasteiger charge is 2.27. The molecule has 2 aromatic rings. The van der Waals surface area contributed by atoms with Crippen molar-refractivity contribution < 1.29 is 4.79 Å². The summed E-state index contributed by atoms with van der Waals surface area (Å²) in [4.78, 5) is 38.9. The summed E-state index contributed by atoms with van der Waals surface area (Å²) in [6.45, 7) is 2.08. The van der Waals surface area contributed by atoms with Crippen LogP contribution in [0.1, 0.15) is 28.4 Å². The second kappa shape index (κ2) is 7.37. The standard InChI is InChI=1S/C18H21N5O3/c1-11(21(2)10-13-7-5-6-12(8-13)9-19)15(24)14-16(20)22(3)18(26)23(4)17(14)25/h5-8,11H,10,20H2,1-4H3/t11-/m1/s1. The summed E-state index contributed by atoms with van der Waals surface area (Å²) < 4.78 is 1.95. The molecule has 0 fully saturated rings. The molecule has 1 heterocycles. The van der Waals surface area contributed by atoms with Crippen LogP contribution in [-0.2, 0) is 20.6 Å². The third-order valence-electron chi connectivity index (χ3n) is 4.48. The fraction of sp³-hybridized carbons (Fsp3) is 0.333. The van der Waals surface area contributed by atoms with Gasteiger partial charge in [-0.2, -0.15) is 5.26 Å². The molecular weight excluding hydrogens is 334 g/mol. The van der Waals surface area contributed by atoms with Crippen molar-refractivity contribution >= 4 is 11.6 Å². The van der Waals surface area contributed by atoms with Gasteiger partial charge in [0, 0.05) is 20.6 Å². The lowest BCUT2D eigenvalue weighted by Gasteiger charge is -2.24. The Morgan fingerprint density at radius 2 is 1.96 bits per heavy atom. The Hall–Kier alpha value is -3.18. The van der Waals surface area contributed by atoms with E-state index >= 15 is 0 Å². The SMILES string of the molecule is C[C@H](C(=O)c1c(N)n(C)c(=O)n(C)c1=O)N(C)Cc1cccc(C#N)c1. The van der Waals surface area contributed by atoms with Gasteiger partial charge in [-0.1, -0.05) is 12.1 Å². The lowest BCUT2D eigenvalue weighted by molar-refractivity contribution is 0.0860. The molecule has 26 heavy (non-hydrogen) atoms. The summed E-state index contributed by atoms with van der Waals surface area (Å²) >= 11 is 0. The van der Waals surface area contributed by atoms with E-state index in [4.69, 9.17) is 11.0 Å². The number of ketones is 1. The van der Waals surface area contributed by atoms with Crippen molar-refractivity contribution in [3.8, 4) is 6.07 Å². The zero-order valence-corrected chi connectivity index (χ0v) is 15.2. The lowest BCUT2D eigenvalue weighted by Crippen LogP contribution is -2.45. The largest absolute Gasteiger partial charge is 0.384 e. The van der Waals surface area contributed by atoms with Crippen molar-refractivity contribution in [2.75, 3.05) is 12.8 Å². The molecule has 0 unspecified atom stereocenters. The summed E-state index contributed by atoms with van der Waals surface area (Å²) in [6.07, 6.45) is 0. The minimum absolute atomic E-state index is 0.144. The van der Waals surface area contributed by atoms with Crippen molar-refractivity contribution in [2.45, 2.75) is 19.5 Å². The first-order chi connectivity index (χ1) is 12.2. The minimum Gasteiger partial charge on any atom is -0.384 e. The number of nitrogens with two attached hydrogens (primary N) is 1. The van der Waals surface area contributed by atoms with E-state index in [1.165, 1.54) is 14.1 Å². The van der Waals surface area contributed by atoms with Gasteiger partial charge < -0.3 is 5.73 Å². The average molecular weight is 355 g/mol. The Bertz CT molecular complexity index is 1010. The molecule has 0 amide bonds. The van der Waals surface area contributed by atoms with E-state index in [-0.39, 0.29) is 11.4 Å². The van der Waals surface area contributed by atoms with Crippen molar-refractivity contribution in [1.29, 1.82) is 5.26 Å². The summed E-state index contributed by atoms with van der Waals surface area (Å²) in [5.41, 5.74) is 5.77. The molecule has 0 radical (unpaired) electrons. The molecule has 0 saturated carbocycles. The van der Waals surface area contributed by atoms with Gasteiger partial charge in [0.25, 0.3) is 5.56 Å². The number of Topliss-reactive ketones (excluding diaryl/α,β-unsaturated/α-hetero) is 1. The second-order valence-electron chi connectivity index (χ2n) is 6.23. The van der Waals surface area contributed by atoms with Crippen LogP contribution in [0, 0.1) is 11.3 Å². The number of nitriles is 1. The van der Waals surface area contributed by atoms with Crippen LogP contribution in [0.25, 0.3) is 0 Å². The molecular formula is C18H21N5O3. The highest BCUT2D eigenvalue weighted by atomic mass is 16.2. The van der Waals surface area contributed by atoms with Gasteiger partial charge in [0.05, 0.1) is 17.7 Å². The quantitative estimate of drug-likeness (QED) is 0.769. The lowest BCUT2D eigenvalue weighted by atomic mass is 10.0. The summed E-state index contributed by atoms with van der Waals surface area (Å²) in [5, 5.41) is 8.98. The molecule has 0 bridgehead atoms. The first-order valence-electron chi connectivity index (χ1n) is 7.98. The van der Waals surface area contributed by atoms with E-state index in [0.29, 0.717) is 12.1 Å². The maximum Gasteiger partial charge on any atom is 0.332 e. The molecule has 1 aromatic carbocycles. The predicted molar refractivity (Wildman–Crippen MR) is 97.8 cm³/mol. The number of carbonyl (C=O) groups is 1. The monoisotopic (exact) mass is 355 g/mol. The Kier molecular flexibility index (Phi) is 5.43. The molecule has 0 aliphatic rings. The van der Waals surface area contributed by atoms with Crippen LogP contribution in [0.3, 0.4) is 0 Å². The molecule has 0 saturated heterocycles. The van der Waals surface area contributed by atoms with Crippen LogP contribution in [0.2, 0.25) is 0 Å². The fourth-order valence-electron chi connectivity index (χ4n) is 2.66. The highest BCUT2D eigenvalue weighted by molar-refractivity contribution is 6.03. The number of anilines is 1. The first-order valence-corrected chi connectivity index (χ1v) is 7.98. The van der Waals surface area contributed by atoms with Crippen LogP contribution < -0.4 is 17.0 Å². The van der Waals surface area contributed by atoms with E-state index in [1.54, 1.807) is 37.1 Å². The molecule has 0 aliphatic heterocycles. The number of nitrogens with zero attached hydrogens (tertiary/aromatic N) is 4. The van der Waals surface area contributed by atoms with Crippen LogP contribution in [-0.4, -0.2) is 32.9 Å². The van der Waals surface area contributed by atoms with E-state index in [1.807, 2.05) is 6.07 Å². The predicted octanol–water partition coefficient (Wildman–Crippen LogP) is 0.241. The summed E-state index contributed by atoms with van der Waals surface area (Å²) in [7, 11) is 4.46. The Morgan fingerprint density at radius 1 is 1.31 bits per heavy atom. The summed E-state index contributed by atoms with van der Waals surface area (Å²) in [6, 6.07) is 8.50. The van der Waals surface area contributed by atoms with E-state index in [2.05, 4.69) is 6.07 Å². The molecule has 2 rings (SSSR count). The van der Waals surface area contributed by atoms with Crippen molar-refractivity contribution in [3.63, 3.8) is 0 Å². The van der Waals surface area contributed by atoms with Crippen LogP contribution in [0.5, 0.6) is 0 Å². The molecule has 2 N–H and O–H groups in total. The van der Waals surface area contributed by atoms with Crippen molar-refractivity contribution in [1.82, 2.24) is 14.0 Å². The molecule has 136 valence electrons. The molecule has 0 spiro atoms. The third-order valence-corrected chi connectivity index (χ3v) is 4.48. The maximum atomic E-state index is 12.9. The van der Waals surface area contributed by atoms with Gasteiger partial charge in [-0.3, -0.25) is 23.6 Å². The Balaban J connectivity index is 2.34. The normalized spacial score (nSPS) is 12.0. The fourth-order valence-corrected chi connectivity index (χ4v) is 2.66. The maximum absolute atomic E-state index is 12.9. The van der Waals surface area contributed by atoms with Crippen LogP contribution in [0.15, 0.2) is 33.9 Å². The van der Waals surface area contributed by atoms with E-state index < -0.39 is 23.1 Å². The smallest absolute Gasteiger partial charge is 0.332 e. The van der Waals surface area contributed by atoms with E-state index in [9.17, 15) is 14.4 Å². The molecule has 0 aliphatic carbocycles. The van der Waals surface area contributed by atoms with Gasteiger partial charge in [-0.15, -0.1) is 0 Å². The molecule has 1 atom stereocenters. The van der Waals surface area contributed by atoms with Gasteiger partial charge in [0.15, 0.2) is 5.78 Å². The Labute approximate surface area is 150 Å². The zero-order chi connectivity index (χ0) is 19.6. The highest BCUT2D eigenvalue weighted by Crippen LogP contribution is 2.13. The number of aromatic nitrogens is 2. The number of hydrogen-bond acceptors (Lipinski definition) is 6. The van der Waals surface area contributed by atoms with Gasteiger partial charge in [0.1, 0.15) is 11.4 Å². The molecule has 8 nitrogen and oxygen atoms in total. The molecule has 8 heteroatoms.